The highest BCUT2D eigenvalue weighted by Gasteiger charge is 2.38. The van der Waals surface area contributed by atoms with Crippen molar-refractivity contribution in [3.63, 3.8) is 0 Å². The normalized spacial score (nSPS) is 13.2. The molecule has 0 saturated heterocycles. The molecule has 2 aromatic carbocycles. The molecule has 0 aliphatic rings. The fourth-order valence-corrected chi connectivity index (χ4v) is 6.08. The van der Waals surface area contributed by atoms with Crippen LogP contribution in [-0.4, -0.2) is 88.9 Å². The van der Waals surface area contributed by atoms with Gasteiger partial charge in [-0.25, -0.2) is 19.2 Å². The molecule has 0 heterocycles. The third-order valence-corrected chi connectivity index (χ3v) is 8.49. The first-order valence-corrected chi connectivity index (χ1v) is 21.3. The first-order chi connectivity index (χ1) is 28.4. The molecule has 20 heteroatoms. The van der Waals surface area contributed by atoms with E-state index in [1.54, 1.807) is 96.1 Å². The van der Waals surface area contributed by atoms with Crippen LogP contribution in [0.3, 0.4) is 0 Å². The zero-order chi connectivity index (χ0) is 48.5. The molecule has 19 nitrogen and oxygen atoms in total. The second kappa shape index (κ2) is 20.6. The van der Waals surface area contributed by atoms with E-state index in [2.05, 4.69) is 20.3 Å². The van der Waals surface area contributed by atoms with Gasteiger partial charge >= 0.3 is 46.4 Å². The topological polar surface area (TPSA) is 244 Å². The van der Waals surface area contributed by atoms with Crippen LogP contribution in [-0.2, 0) is 50.0 Å². The molecule has 2 rings (SSSR count). The van der Waals surface area contributed by atoms with E-state index < -0.39 is 93.4 Å². The zero-order valence-electron chi connectivity index (χ0n) is 39.1. The van der Waals surface area contributed by atoms with Crippen molar-refractivity contribution < 1.29 is 65.6 Å². The number of rotatable bonds is 11. The smallest absolute Gasteiger partial charge is 0.437 e. The Labute approximate surface area is 370 Å². The Morgan fingerprint density at radius 1 is 0.683 bits per heavy atom. The van der Waals surface area contributed by atoms with Crippen LogP contribution >= 0.6 is 0 Å². The summed E-state index contributed by atoms with van der Waals surface area (Å²) >= 11 is 0. The molecule has 2 aromatic rings. The lowest BCUT2D eigenvalue weighted by Gasteiger charge is -2.29. The molecule has 350 valence electrons. The molecule has 1 atom stereocenters. The van der Waals surface area contributed by atoms with Crippen molar-refractivity contribution in [3.8, 4) is 5.75 Å². The summed E-state index contributed by atoms with van der Waals surface area (Å²) in [5.41, 5.74) is -3.72. The van der Waals surface area contributed by atoms with E-state index in [4.69, 9.17) is 28.4 Å². The number of alkyl carbamates (subject to hydrolysis) is 1. The lowest BCUT2D eigenvalue weighted by Crippen LogP contribution is -2.52. The molecule has 0 bridgehead atoms. The molecule has 0 spiro atoms. The number of aliphatic imine (C=N–C) groups is 1. The van der Waals surface area contributed by atoms with Crippen molar-refractivity contribution >= 4 is 58.0 Å². The summed E-state index contributed by atoms with van der Waals surface area (Å²) in [4.78, 5) is 81.5. The SMILES string of the molecule is Cc1cc(NC(=NC(=O)OC(C)(C)C)NC(=O)OC(C)(C)C)ccc1C(=O)Oc1ccc(CN(C(=O)OC(C)(C)C)S(=O)(=O)NC(CC(=O)OC(C)(C)C)C(=O)OC(C)(C)C)cc1. The Morgan fingerprint density at radius 2 is 1.21 bits per heavy atom. The molecule has 0 aliphatic heterocycles. The van der Waals surface area contributed by atoms with E-state index in [9.17, 15) is 37.2 Å². The minimum Gasteiger partial charge on any atom is -0.460 e. The second-order valence-corrected chi connectivity index (χ2v) is 20.9. The molecule has 0 aliphatic carbocycles. The molecule has 0 radical (unpaired) electrons. The van der Waals surface area contributed by atoms with E-state index in [-0.39, 0.29) is 22.8 Å². The number of ether oxygens (including phenoxy) is 6. The number of hydrogen-bond donors (Lipinski definition) is 3. The average Bonchev–Trinajstić information content (AvgIpc) is 3.03. The predicted octanol–water partition coefficient (Wildman–Crippen LogP) is 7.46. The van der Waals surface area contributed by atoms with E-state index in [0.29, 0.717) is 15.6 Å². The summed E-state index contributed by atoms with van der Waals surface area (Å²) < 4.78 is 62.5. The van der Waals surface area contributed by atoms with Gasteiger partial charge in [0, 0.05) is 5.69 Å². The fraction of sp³-hybridized carbons (Fsp3) is 0.558. The molecule has 0 saturated carbocycles. The van der Waals surface area contributed by atoms with Crippen LogP contribution in [0.15, 0.2) is 47.5 Å². The monoisotopic (exact) mass is 905 g/mol. The van der Waals surface area contributed by atoms with Crippen molar-refractivity contribution in [2.24, 2.45) is 4.99 Å². The minimum absolute atomic E-state index is 0.0610. The molecule has 0 fully saturated rings. The number of nitrogens with one attached hydrogen (secondary N) is 3. The van der Waals surface area contributed by atoms with Crippen LogP contribution in [0.2, 0.25) is 0 Å². The van der Waals surface area contributed by atoms with E-state index in [1.807, 2.05) is 0 Å². The van der Waals surface area contributed by atoms with Crippen molar-refractivity contribution in [2.45, 2.75) is 158 Å². The average molecular weight is 906 g/mol. The van der Waals surface area contributed by atoms with Gasteiger partial charge < -0.3 is 33.7 Å². The maximum Gasteiger partial charge on any atom is 0.437 e. The van der Waals surface area contributed by atoms with Crippen LogP contribution in [0, 0.1) is 6.92 Å². The van der Waals surface area contributed by atoms with E-state index in [0.717, 1.165) is 0 Å². The van der Waals surface area contributed by atoms with Crippen LogP contribution in [0.5, 0.6) is 5.75 Å². The lowest BCUT2D eigenvalue weighted by molar-refractivity contribution is -0.164. The van der Waals surface area contributed by atoms with Gasteiger partial charge in [0.25, 0.3) is 0 Å². The van der Waals surface area contributed by atoms with E-state index in [1.165, 1.54) is 57.2 Å². The molecule has 0 aromatic heterocycles. The number of guanidine groups is 1. The van der Waals surface area contributed by atoms with Crippen molar-refractivity contribution in [1.82, 2.24) is 14.3 Å². The Balaban J connectivity index is 2.36. The van der Waals surface area contributed by atoms with Crippen molar-refractivity contribution in [3.05, 3.63) is 59.2 Å². The Kier molecular flexibility index (Phi) is 17.5. The molecule has 63 heavy (non-hydrogen) atoms. The summed E-state index contributed by atoms with van der Waals surface area (Å²) in [5, 5.41) is 5.21. The van der Waals surface area contributed by atoms with Gasteiger partial charge in [0.05, 0.1) is 18.5 Å². The number of benzene rings is 2. The van der Waals surface area contributed by atoms with Crippen molar-refractivity contribution in [1.29, 1.82) is 0 Å². The highest BCUT2D eigenvalue weighted by Crippen LogP contribution is 2.23. The summed E-state index contributed by atoms with van der Waals surface area (Å²) in [6.07, 6.45) is -3.91. The summed E-state index contributed by atoms with van der Waals surface area (Å²) in [7, 11) is -4.94. The van der Waals surface area contributed by atoms with Crippen LogP contribution in [0.1, 0.15) is 132 Å². The summed E-state index contributed by atoms with van der Waals surface area (Å²) in [6.45, 7) is 25.1. The van der Waals surface area contributed by atoms with Gasteiger partial charge in [-0.05, 0) is 152 Å². The van der Waals surface area contributed by atoms with Gasteiger partial charge in [0.2, 0.25) is 5.96 Å². The number of nitrogens with zero attached hydrogens (tertiary/aromatic N) is 2. The zero-order valence-corrected chi connectivity index (χ0v) is 39.9. The largest absolute Gasteiger partial charge is 0.460 e. The Bertz CT molecular complexity index is 2140. The van der Waals surface area contributed by atoms with Crippen LogP contribution in [0.25, 0.3) is 0 Å². The molecule has 3 amide bonds. The van der Waals surface area contributed by atoms with E-state index >= 15 is 0 Å². The molecule has 3 N–H and O–H groups in total. The van der Waals surface area contributed by atoms with Gasteiger partial charge in [0.1, 0.15) is 39.8 Å². The predicted molar refractivity (Wildman–Crippen MR) is 233 cm³/mol. The number of carbonyl (C=O) groups excluding carboxylic acids is 6. The first kappa shape index (κ1) is 53.4. The fourth-order valence-electron chi connectivity index (χ4n) is 4.86. The number of carbonyl (C=O) groups is 6. The number of amides is 3. The summed E-state index contributed by atoms with van der Waals surface area (Å²) in [6, 6.07) is 8.24. The van der Waals surface area contributed by atoms with Gasteiger partial charge in [-0.1, -0.05) is 12.1 Å². The quantitative estimate of drug-likeness (QED) is 0.0652. The lowest BCUT2D eigenvalue weighted by atomic mass is 10.1. The molecular formula is C43H63N5O14S. The highest BCUT2D eigenvalue weighted by molar-refractivity contribution is 7.87. The maximum absolute atomic E-state index is 13.9. The molecular weight excluding hydrogens is 843 g/mol. The van der Waals surface area contributed by atoms with Crippen LogP contribution < -0.4 is 20.1 Å². The Hall–Kier alpha value is -5.76. The Morgan fingerprint density at radius 3 is 1.70 bits per heavy atom. The third kappa shape index (κ3) is 20.8. The third-order valence-electron chi connectivity index (χ3n) is 7.05. The van der Waals surface area contributed by atoms with Gasteiger partial charge in [-0.2, -0.15) is 17.4 Å². The first-order valence-electron chi connectivity index (χ1n) is 19.9. The maximum atomic E-state index is 13.9. The summed E-state index contributed by atoms with van der Waals surface area (Å²) in [5.74, 6) is -2.98. The molecule has 1 unspecified atom stereocenters. The minimum atomic E-state index is -4.94. The van der Waals surface area contributed by atoms with Gasteiger partial charge in [-0.15, -0.1) is 4.99 Å². The number of hydrogen-bond acceptors (Lipinski definition) is 14. The van der Waals surface area contributed by atoms with Gasteiger partial charge in [0.15, 0.2) is 0 Å². The number of aryl methyl sites for hydroxylation is 1. The van der Waals surface area contributed by atoms with Crippen molar-refractivity contribution in [2.75, 3.05) is 5.32 Å². The van der Waals surface area contributed by atoms with Gasteiger partial charge in [-0.3, -0.25) is 14.9 Å². The highest BCUT2D eigenvalue weighted by atomic mass is 32.2. The standard InChI is InChI=1S/C43H63N5O14S/c1-26-23-28(44-35(45-36(52)60-41(8,9)10)46-37(53)61-42(11,12)13)19-22-30(26)33(50)57-29-20-17-27(18-21-29)25-48(38(54)62-43(14,15)16)63(55,56)47-31(34(51)59-40(5,6)7)24-32(49)58-39(2,3)4/h17-23,31,47H,24-25H2,1-16H3,(H2,44,45,46,52,53). The number of esters is 3. The second-order valence-electron chi connectivity index (χ2n) is 19.2. The number of anilines is 1. The van der Waals surface area contributed by atoms with Crippen LogP contribution in [0.4, 0.5) is 20.1 Å².